The van der Waals surface area contributed by atoms with Crippen molar-refractivity contribution in [3.8, 4) is 5.69 Å². The first kappa shape index (κ1) is 18.4. The van der Waals surface area contributed by atoms with Gasteiger partial charge in [-0.05, 0) is 26.2 Å². The number of rotatable bonds is 3. The Balaban J connectivity index is 1.67. The molecular weight excluding hydrogens is 375 g/mol. The first-order chi connectivity index (χ1) is 13.3. The highest BCUT2D eigenvalue weighted by molar-refractivity contribution is 5.60. The highest BCUT2D eigenvalue weighted by atomic mass is 19.4. The average molecular weight is 395 g/mol. The molecule has 0 radical (unpaired) electrons. The third-order valence-electron chi connectivity index (χ3n) is 5.00. The molecule has 11 heteroatoms. The minimum absolute atomic E-state index is 0.0332. The molecule has 0 amide bonds. The summed E-state index contributed by atoms with van der Waals surface area (Å²) in [5, 5.41) is 5.94. The smallest absolute Gasteiger partial charge is 0.358 e. The Kier molecular flexibility index (Phi) is 4.31. The van der Waals surface area contributed by atoms with E-state index in [-0.39, 0.29) is 5.69 Å². The van der Waals surface area contributed by atoms with Crippen LogP contribution in [-0.2, 0) is 11.8 Å². The molecule has 0 spiro atoms. The van der Waals surface area contributed by atoms with Gasteiger partial charge in [0.15, 0.2) is 11.4 Å². The molecule has 4 heterocycles. The van der Waals surface area contributed by atoms with Crippen LogP contribution in [0.15, 0.2) is 40.4 Å². The highest BCUT2D eigenvalue weighted by Gasteiger charge is 2.35. The van der Waals surface area contributed by atoms with Gasteiger partial charge in [0.25, 0.3) is 5.56 Å². The molecule has 0 aliphatic carbocycles. The van der Waals surface area contributed by atoms with E-state index >= 15 is 0 Å². The summed E-state index contributed by atoms with van der Waals surface area (Å²) in [7, 11) is 0. The SMILES string of the molecule is CC1(n2[nH]cc(-n3cnc(C(F)(F)F)c3)c2=O)C=C(N2CCCCC2)NC=N1. The molecule has 2 aliphatic heterocycles. The van der Waals surface area contributed by atoms with Gasteiger partial charge >= 0.3 is 6.18 Å². The monoisotopic (exact) mass is 395 g/mol. The molecule has 0 aromatic carbocycles. The zero-order chi connectivity index (χ0) is 19.9. The molecule has 1 atom stereocenters. The van der Waals surface area contributed by atoms with Crippen molar-refractivity contribution in [1.82, 2.24) is 29.5 Å². The molecule has 28 heavy (non-hydrogen) atoms. The summed E-state index contributed by atoms with van der Waals surface area (Å²) in [6.45, 7) is 3.59. The molecule has 1 unspecified atom stereocenters. The van der Waals surface area contributed by atoms with Crippen molar-refractivity contribution in [2.24, 2.45) is 4.99 Å². The number of halogens is 3. The first-order valence-corrected chi connectivity index (χ1v) is 8.98. The van der Waals surface area contributed by atoms with E-state index in [0.717, 1.165) is 48.8 Å². The van der Waals surface area contributed by atoms with Crippen LogP contribution in [0.1, 0.15) is 31.9 Å². The van der Waals surface area contributed by atoms with Crippen molar-refractivity contribution in [3.05, 3.63) is 46.7 Å². The molecule has 1 saturated heterocycles. The number of aliphatic imine (C=N–C) groups is 1. The van der Waals surface area contributed by atoms with Crippen LogP contribution < -0.4 is 10.9 Å². The van der Waals surface area contributed by atoms with Crippen LogP contribution in [0.2, 0.25) is 0 Å². The molecule has 0 bridgehead atoms. The largest absolute Gasteiger partial charge is 0.434 e. The van der Waals surface area contributed by atoms with E-state index in [4.69, 9.17) is 0 Å². The van der Waals surface area contributed by atoms with Crippen LogP contribution in [0.4, 0.5) is 13.2 Å². The third kappa shape index (κ3) is 3.20. The Morgan fingerprint density at radius 1 is 1.21 bits per heavy atom. The van der Waals surface area contributed by atoms with Crippen LogP contribution >= 0.6 is 0 Å². The zero-order valence-electron chi connectivity index (χ0n) is 15.2. The molecule has 150 valence electrons. The standard InChI is InChI=1S/C17H20F3N7O/c1-16(7-14(21-10-23-16)25-5-3-2-4-6-25)27-15(28)12(8-24-27)26-9-13(22-11-26)17(18,19)20/h7-11,24H,2-6H2,1H3,(H,21,23). The second kappa shape index (κ2) is 6.57. The molecule has 2 N–H and O–H groups in total. The van der Waals surface area contributed by atoms with Crippen molar-refractivity contribution in [2.75, 3.05) is 13.1 Å². The van der Waals surface area contributed by atoms with E-state index in [1.54, 1.807) is 6.92 Å². The predicted octanol–water partition coefficient (Wildman–Crippen LogP) is 2.01. The van der Waals surface area contributed by atoms with Crippen molar-refractivity contribution in [2.45, 2.75) is 38.0 Å². The molecule has 1 fully saturated rings. The van der Waals surface area contributed by atoms with Crippen LogP contribution in [0, 0.1) is 0 Å². The summed E-state index contributed by atoms with van der Waals surface area (Å²) in [5.41, 5.74) is -2.55. The minimum Gasteiger partial charge on any atom is -0.358 e. The summed E-state index contributed by atoms with van der Waals surface area (Å²) >= 11 is 0. The van der Waals surface area contributed by atoms with E-state index in [1.807, 2.05) is 6.08 Å². The summed E-state index contributed by atoms with van der Waals surface area (Å²) in [5.74, 6) is 0.863. The Morgan fingerprint density at radius 2 is 1.96 bits per heavy atom. The number of likely N-dealkylation sites (tertiary alicyclic amines) is 1. The zero-order valence-corrected chi connectivity index (χ0v) is 15.2. The fourth-order valence-electron chi connectivity index (χ4n) is 3.49. The second-order valence-electron chi connectivity index (χ2n) is 7.04. The number of piperidine rings is 1. The molecule has 4 rings (SSSR count). The van der Waals surface area contributed by atoms with E-state index < -0.39 is 23.1 Å². The lowest BCUT2D eigenvalue weighted by Gasteiger charge is -2.35. The predicted molar refractivity (Wildman–Crippen MR) is 96.0 cm³/mol. The molecule has 2 aliphatic rings. The second-order valence-corrected chi connectivity index (χ2v) is 7.04. The maximum Gasteiger partial charge on any atom is 0.434 e. The van der Waals surface area contributed by atoms with Gasteiger partial charge in [-0.1, -0.05) is 0 Å². The van der Waals surface area contributed by atoms with Crippen molar-refractivity contribution < 1.29 is 13.2 Å². The van der Waals surface area contributed by atoms with Gasteiger partial charge in [-0.15, -0.1) is 0 Å². The topological polar surface area (TPSA) is 83.2 Å². The van der Waals surface area contributed by atoms with E-state index in [1.165, 1.54) is 23.6 Å². The number of aromatic nitrogens is 4. The molecule has 2 aromatic rings. The summed E-state index contributed by atoms with van der Waals surface area (Å²) < 4.78 is 40.7. The van der Waals surface area contributed by atoms with Gasteiger partial charge in [-0.25, -0.2) is 14.7 Å². The number of hydrogen-bond donors (Lipinski definition) is 2. The summed E-state index contributed by atoms with van der Waals surface area (Å²) in [6, 6.07) is 0. The van der Waals surface area contributed by atoms with Crippen molar-refractivity contribution in [1.29, 1.82) is 0 Å². The van der Waals surface area contributed by atoms with E-state index in [2.05, 4.69) is 25.3 Å². The van der Waals surface area contributed by atoms with Crippen molar-refractivity contribution in [3.63, 3.8) is 0 Å². The van der Waals surface area contributed by atoms with E-state index in [9.17, 15) is 18.0 Å². The van der Waals surface area contributed by atoms with Gasteiger partial charge in [-0.3, -0.25) is 14.5 Å². The van der Waals surface area contributed by atoms with Gasteiger partial charge in [0.1, 0.15) is 17.8 Å². The van der Waals surface area contributed by atoms with Gasteiger partial charge < -0.3 is 10.2 Å². The lowest BCUT2D eigenvalue weighted by atomic mass is 10.1. The first-order valence-electron chi connectivity index (χ1n) is 8.98. The maximum absolute atomic E-state index is 12.9. The fourth-order valence-corrected chi connectivity index (χ4v) is 3.49. The number of H-pyrrole nitrogens is 1. The van der Waals surface area contributed by atoms with E-state index in [0.29, 0.717) is 0 Å². The molecule has 0 saturated carbocycles. The Hall–Kier alpha value is -2.98. The number of alkyl halides is 3. The Bertz CT molecular complexity index is 978. The Morgan fingerprint density at radius 3 is 2.64 bits per heavy atom. The average Bonchev–Trinajstić information content (AvgIpc) is 3.29. The van der Waals surface area contributed by atoms with Gasteiger partial charge in [0.05, 0.1) is 6.34 Å². The van der Waals surface area contributed by atoms with Crippen LogP contribution in [0.25, 0.3) is 5.69 Å². The lowest BCUT2D eigenvalue weighted by Crippen LogP contribution is -2.44. The molecule has 2 aromatic heterocycles. The van der Waals surface area contributed by atoms with Crippen LogP contribution in [-0.4, -0.2) is 43.7 Å². The minimum atomic E-state index is -4.57. The highest BCUT2D eigenvalue weighted by Crippen LogP contribution is 2.28. The number of imidazole rings is 1. The summed E-state index contributed by atoms with van der Waals surface area (Å²) in [4.78, 5) is 22.8. The van der Waals surface area contributed by atoms with Gasteiger partial charge in [0, 0.05) is 31.6 Å². The number of hydrogen-bond acceptors (Lipinski definition) is 5. The van der Waals surface area contributed by atoms with Crippen LogP contribution in [0.3, 0.4) is 0 Å². The Labute approximate surface area is 158 Å². The third-order valence-corrected chi connectivity index (χ3v) is 5.00. The number of aromatic amines is 1. The normalized spacial score (nSPS) is 22.9. The fraction of sp³-hybridized carbons (Fsp3) is 0.471. The maximum atomic E-state index is 12.9. The molecular formula is C17H20F3N7O. The number of nitrogens with one attached hydrogen (secondary N) is 2. The lowest BCUT2D eigenvalue weighted by molar-refractivity contribution is -0.140. The number of nitrogens with zero attached hydrogens (tertiary/aromatic N) is 5. The quantitative estimate of drug-likeness (QED) is 0.833. The van der Waals surface area contributed by atoms with Gasteiger partial charge in [0.2, 0.25) is 0 Å². The van der Waals surface area contributed by atoms with Crippen LogP contribution in [0.5, 0.6) is 0 Å². The molecule has 8 nitrogen and oxygen atoms in total. The van der Waals surface area contributed by atoms with Gasteiger partial charge in [-0.2, -0.15) is 13.2 Å². The van der Waals surface area contributed by atoms with Crippen molar-refractivity contribution >= 4 is 6.34 Å². The summed E-state index contributed by atoms with van der Waals surface area (Å²) in [6.07, 6.45) is 5.31.